The molecule has 1 aromatic carbocycles. The maximum absolute atomic E-state index is 11.2. The number of ether oxygens (including phenoxy) is 1. The molecule has 1 saturated carbocycles. The highest BCUT2D eigenvalue weighted by Crippen LogP contribution is 2.43. The molecule has 0 unspecified atom stereocenters. The summed E-state index contributed by atoms with van der Waals surface area (Å²) in [5.74, 6) is 0.167. The first-order chi connectivity index (χ1) is 9.07. The van der Waals surface area contributed by atoms with Gasteiger partial charge in [-0.25, -0.2) is 0 Å². The molecule has 1 aromatic rings. The quantitative estimate of drug-likeness (QED) is 0.900. The van der Waals surface area contributed by atoms with Crippen molar-refractivity contribution in [3.05, 3.63) is 29.3 Å². The zero-order valence-corrected chi connectivity index (χ0v) is 11.7. The predicted molar refractivity (Wildman–Crippen MR) is 74.7 cm³/mol. The second kappa shape index (κ2) is 5.64. The zero-order chi connectivity index (χ0) is 13.9. The van der Waals surface area contributed by atoms with E-state index in [1.54, 1.807) is 7.11 Å². The van der Waals surface area contributed by atoms with E-state index in [0.29, 0.717) is 0 Å². The van der Waals surface area contributed by atoms with Crippen molar-refractivity contribution in [1.82, 2.24) is 0 Å². The Bertz CT molecular complexity index is 459. The van der Waals surface area contributed by atoms with Crippen LogP contribution in [0.2, 0.25) is 0 Å². The van der Waals surface area contributed by atoms with Gasteiger partial charge in [0.15, 0.2) is 0 Å². The third-order valence-corrected chi connectivity index (χ3v) is 4.31. The van der Waals surface area contributed by atoms with Gasteiger partial charge in [-0.05, 0) is 37.0 Å². The molecule has 1 aliphatic rings. The molecule has 0 aromatic heterocycles. The molecule has 1 N–H and O–H groups in total. The number of aryl methyl sites for hydroxylation is 1. The summed E-state index contributed by atoms with van der Waals surface area (Å²) in [6.45, 7) is 2.01. The minimum atomic E-state index is -0.699. The SMILES string of the molecule is COc1ccc(C2(CC(=O)O)CCCCC2)cc1C. The lowest BCUT2D eigenvalue weighted by atomic mass is 9.67. The van der Waals surface area contributed by atoms with Crippen LogP contribution < -0.4 is 4.74 Å². The monoisotopic (exact) mass is 262 g/mol. The molecular weight excluding hydrogens is 240 g/mol. The van der Waals surface area contributed by atoms with Gasteiger partial charge >= 0.3 is 5.97 Å². The van der Waals surface area contributed by atoms with Gasteiger partial charge in [0.2, 0.25) is 0 Å². The number of hydrogen-bond donors (Lipinski definition) is 1. The van der Waals surface area contributed by atoms with E-state index in [4.69, 9.17) is 4.74 Å². The molecule has 1 fully saturated rings. The Hall–Kier alpha value is -1.51. The van der Waals surface area contributed by atoms with Gasteiger partial charge in [-0.1, -0.05) is 31.4 Å². The summed E-state index contributed by atoms with van der Waals surface area (Å²) in [6, 6.07) is 6.11. The van der Waals surface area contributed by atoms with E-state index in [9.17, 15) is 9.90 Å². The Kier molecular flexibility index (Phi) is 4.13. The molecule has 0 bridgehead atoms. The Morgan fingerprint density at radius 2 is 2.00 bits per heavy atom. The van der Waals surface area contributed by atoms with Crippen molar-refractivity contribution in [3.8, 4) is 5.75 Å². The smallest absolute Gasteiger partial charge is 0.304 e. The third-order valence-electron chi connectivity index (χ3n) is 4.31. The van der Waals surface area contributed by atoms with Crippen LogP contribution in [-0.4, -0.2) is 18.2 Å². The van der Waals surface area contributed by atoms with E-state index in [1.807, 2.05) is 19.1 Å². The topological polar surface area (TPSA) is 46.5 Å². The highest BCUT2D eigenvalue weighted by molar-refractivity contribution is 5.69. The van der Waals surface area contributed by atoms with Gasteiger partial charge in [0.25, 0.3) is 0 Å². The number of rotatable bonds is 4. The van der Waals surface area contributed by atoms with Crippen LogP contribution in [-0.2, 0) is 10.2 Å². The van der Waals surface area contributed by atoms with Crippen molar-refractivity contribution in [2.75, 3.05) is 7.11 Å². The second-order valence-electron chi connectivity index (χ2n) is 5.60. The minimum absolute atomic E-state index is 0.179. The summed E-state index contributed by atoms with van der Waals surface area (Å²) < 4.78 is 5.28. The van der Waals surface area contributed by atoms with Gasteiger partial charge in [0.1, 0.15) is 5.75 Å². The Morgan fingerprint density at radius 1 is 1.32 bits per heavy atom. The average molecular weight is 262 g/mol. The Morgan fingerprint density at radius 3 is 2.53 bits per heavy atom. The van der Waals surface area contributed by atoms with Crippen molar-refractivity contribution in [3.63, 3.8) is 0 Å². The van der Waals surface area contributed by atoms with E-state index in [2.05, 4.69) is 6.07 Å². The summed E-state index contributed by atoms with van der Waals surface area (Å²) in [5, 5.41) is 9.24. The molecule has 0 spiro atoms. The maximum atomic E-state index is 11.2. The molecule has 2 rings (SSSR count). The number of carboxylic acid groups (broad SMARTS) is 1. The molecule has 0 saturated heterocycles. The first-order valence-corrected chi connectivity index (χ1v) is 6.94. The van der Waals surface area contributed by atoms with Crippen LogP contribution in [0.3, 0.4) is 0 Å². The summed E-state index contributed by atoms with van der Waals surface area (Å²) in [6.07, 6.45) is 5.65. The van der Waals surface area contributed by atoms with Crippen LogP contribution in [0.5, 0.6) is 5.75 Å². The molecule has 19 heavy (non-hydrogen) atoms. The van der Waals surface area contributed by atoms with Crippen LogP contribution in [0.1, 0.15) is 49.7 Å². The molecule has 3 nitrogen and oxygen atoms in total. The highest BCUT2D eigenvalue weighted by Gasteiger charge is 2.36. The summed E-state index contributed by atoms with van der Waals surface area (Å²) in [5.41, 5.74) is 2.06. The predicted octanol–water partition coefficient (Wildman–Crippen LogP) is 3.68. The number of aliphatic carboxylic acids is 1. The van der Waals surface area contributed by atoms with Crippen molar-refractivity contribution in [2.24, 2.45) is 0 Å². The molecule has 3 heteroatoms. The first kappa shape index (κ1) is 13.9. The number of hydrogen-bond acceptors (Lipinski definition) is 2. The summed E-state index contributed by atoms with van der Waals surface area (Å²) >= 11 is 0. The lowest BCUT2D eigenvalue weighted by Gasteiger charge is -2.37. The van der Waals surface area contributed by atoms with Gasteiger partial charge in [-0.3, -0.25) is 4.79 Å². The average Bonchev–Trinajstić information content (AvgIpc) is 2.39. The van der Waals surface area contributed by atoms with Gasteiger partial charge in [0, 0.05) is 5.41 Å². The summed E-state index contributed by atoms with van der Waals surface area (Å²) in [4.78, 5) is 11.2. The van der Waals surface area contributed by atoms with E-state index in [0.717, 1.165) is 42.6 Å². The molecule has 104 valence electrons. The van der Waals surface area contributed by atoms with Crippen LogP contribution in [0.4, 0.5) is 0 Å². The number of carboxylic acids is 1. The van der Waals surface area contributed by atoms with E-state index >= 15 is 0 Å². The molecule has 0 heterocycles. The normalized spacial score (nSPS) is 18.0. The molecule has 0 amide bonds. The summed E-state index contributed by atoms with van der Waals surface area (Å²) in [7, 11) is 1.66. The van der Waals surface area contributed by atoms with E-state index in [-0.39, 0.29) is 11.8 Å². The molecule has 0 radical (unpaired) electrons. The number of carbonyl (C=O) groups is 1. The lowest BCUT2D eigenvalue weighted by molar-refractivity contribution is -0.138. The van der Waals surface area contributed by atoms with Crippen molar-refractivity contribution < 1.29 is 14.6 Å². The van der Waals surface area contributed by atoms with E-state index < -0.39 is 5.97 Å². The van der Waals surface area contributed by atoms with E-state index in [1.165, 1.54) is 6.42 Å². The standard InChI is InChI=1S/C16H22O3/c1-12-10-13(6-7-14(12)19-2)16(11-15(17)18)8-4-3-5-9-16/h6-7,10H,3-5,8-9,11H2,1-2H3,(H,17,18). The zero-order valence-electron chi connectivity index (χ0n) is 11.7. The van der Waals surface area contributed by atoms with Gasteiger partial charge in [-0.15, -0.1) is 0 Å². The Labute approximate surface area is 114 Å². The minimum Gasteiger partial charge on any atom is -0.496 e. The van der Waals surface area contributed by atoms with Gasteiger partial charge < -0.3 is 9.84 Å². The molecule has 0 atom stereocenters. The van der Waals surface area contributed by atoms with Crippen molar-refractivity contribution >= 4 is 5.97 Å². The fourth-order valence-electron chi connectivity index (χ4n) is 3.29. The molecular formula is C16H22O3. The Balaban J connectivity index is 2.37. The molecule has 0 aliphatic heterocycles. The fraction of sp³-hybridized carbons (Fsp3) is 0.562. The van der Waals surface area contributed by atoms with Crippen molar-refractivity contribution in [1.29, 1.82) is 0 Å². The van der Waals surface area contributed by atoms with Crippen LogP contribution >= 0.6 is 0 Å². The molecule has 1 aliphatic carbocycles. The van der Waals surface area contributed by atoms with Crippen LogP contribution in [0.25, 0.3) is 0 Å². The third kappa shape index (κ3) is 2.91. The van der Waals surface area contributed by atoms with Crippen LogP contribution in [0, 0.1) is 6.92 Å². The highest BCUT2D eigenvalue weighted by atomic mass is 16.5. The largest absolute Gasteiger partial charge is 0.496 e. The fourth-order valence-corrected chi connectivity index (χ4v) is 3.29. The van der Waals surface area contributed by atoms with Gasteiger partial charge in [0.05, 0.1) is 13.5 Å². The van der Waals surface area contributed by atoms with Gasteiger partial charge in [-0.2, -0.15) is 0 Å². The number of benzene rings is 1. The van der Waals surface area contributed by atoms with Crippen LogP contribution in [0.15, 0.2) is 18.2 Å². The second-order valence-corrected chi connectivity index (χ2v) is 5.60. The first-order valence-electron chi connectivity index (χ1n) is 6.94. The van der Waals surface area contributed by atoms with Crippen molar-refractivity contribution in [2.45, 2.75) is 50.9 Å². The maximum Gasteiger partial charge on any atom is 0.304 e. The number of methoxy groups -OCH3 is 1. The lowest BCUT2D eigenvalue weighted by Crippen LogP contribution is -2.32.